The summed E-state index contributed by atoms with van der Waals surface area (Å²) in [5.41, 5.74) is -2.80. The van der Waals surface area contributed by atoms with Gasteiger partial charge >= 0.3 is 5.97 Å². The lowest BCUT2D eigenvalue weighted by atomic mass is 10.1. The molecule has 86 valence electrons. The van der Waals surface area contributed by atoms with Gasteiger partial charge in [-0.2, -0.15) is 0 Å². The molecule has 1 aliphatic heterocycles. The van der Waals surface area contributed by atoms with Crippen LogP contribution >= 0.6 is 0 Å². The van der Waals surface area contributed by atoms with E-state index in [4.69, 9.17) is 4.74 Å². The number of carbonyl (C=O) groups excluding carboxylic acids is 2. The van der Waals surface area contributed by atoms with E-state index in [0.29, 0.717) is 6.54 Å². The third-order valence-electron chi connectivity index (χ3n) is 2.30. The minimum atomic E-state index is -2.09. The Kier molecular flexibility index (Phi) is 2.89. The van der Waals surface area contributed by atoms with Crippen LogP contribution < -0.4 is 0 Å². The molecule has 1 rings (SSSR count). The van der Waals surface area contributed by atoms with Crippen molar-refractivity contribution in [3.05, 3.63) is 0 Å². The van der Waals surface area contributed by atoms with Gasteiger partial charge in [-0.25, -0.2) is 4.79 Å². The predicted molar refractivity (Wildman–Crippen MR) is 53.0 cm³/mol. The number of hydrogen-bond donors (Lipinski definition) is 1. The van der Waals surface area contributed by atoms with Crippen LogP contribution in [0.25, 0.3) is 0 Å². The SMILES string of the molecule is CN1CCC(=O)C1(O)C(=O)OC(C)(C)C. The van der Waals surface area contributed by atoms with Crippen molar-refractivity contribution in [2.45, 2.75) is 38.5 Å². The fraction of sp³-hybridized carbons (Fsp3) is 0.800. The molecular weight excluding hydrogens is 198 g/mol. The number of ether oxygens (including phenoxy) is 1. The lowest BCUT2D eigenvalue weighted by Gasteiger charge is -2.30. The molecule has 0 aliphatic carbocycles. The van der Waals surface area contributed by atoms with E-state index in [1.54, 1.807) is 20.8 Å². The van der Waals surface area contributed by atoms with Gasteiger partial charge in [-0.3, -0.25) is 9.69 Å². The fourth-order valence-electron chi connectivity index (χ4n) is 1.44. The molecule has 0 aromatic carbocycles. The Hall–Kier alpha value is -0.940. The topological polar surface area (TPSA) is 66.8 Å². The highest BCUT2D eigenvalue weighted by Crippen LogP contribution is 2.25. The monoisotopic (exact) mass is 215 g/mol. The third-order valence-corrected chi connectivity index (χ3v) is 2.30. The summed E-state index contributed by atoms with van der Waals surface area (Å²) in [6.07, 6.45) is 0.173. The number of ketones is 1. The van der Waals surface area contributed by atoms with Gasteiger partial charge in [0.05, 0.1) is 0 Å². The molecule has 15 heavy (non-hydrogen) atoms. The molecule has 5 nitrogen and oxygen atoms in total. The van der Waals surface area contributed by atoms with Crippen molar-refractivity contribution >= 4 is 11.8 Å². The van der Waals surface area contributed by atoms with E-state index in [1.807, 2.05) is 0 Å². The van der Waals surface area contributed by atoms with Crippen molar-refractivity contribution in [1.29, 1.82) is 0 Å². The molecule has 1 heterocycles. The van der Waals surface area contributed by atoms with Crippen molar-refractivity contribution in [3.8, 4) is 0 Å². The Bertz CT molecular complexity index is 294. The largest absolute Gasteiger partial charge is 0.456 e. The van der Waals surface area contributed by atoms with Crippen molar-refractivity contribution in [1.82, 2.24) is 4.90 Å². The summed E-state index contributed by atoms with van der Waals surface area (Å²) < 4.78 is 5.01. The maximum Gasteiger partial charge on any atom is 0.362 e. The van der Waals surface area contributed by atoms with Crippen LogP contribution in [0.5, 0.6) is 0 Å². The van der Waals surface area contributed by atoms with E-state index in [-0.39, 0.29) is 6.42 Å². The number of nitrogens with zero attached hydrogens (tertiary/aromatic N) is 1. The van der Waals surface area contributed by atoms with E-state index in [1.165, 1.54) is 11.9 Å². The summed E-state index contributed by atoms with van der Waals surface area (Å²) in [5.74, 6) is -1.39. The zero-order valence-corrected chi connectivity index (χ0v) is 9.53. The maximum atomic E-state index is 11.7. The first kappa shape index (κ1) is 12.1. The molecule has 1 aliphatic rings. The van der Waals surface area contributed by atoms with Crippen LogP contribution in [0, 0.1) is 0 Å². The van der Waals surface area contributed by atoms with Crippen LogP contribution in [0.2, 0.25) is 0 Å². The van der Waals surface area contributed by atoms with E-state index < -0.39 is 23.1 Å². The second kappa shape index (κ2) is 3.57. The van der Waals surface area contributed by atoms with Gasteiger partial charge < -0.3 is 9.84 Å². The Labute approximate surface area is 89.0 Å². The first-order valence-corrected chi connectivity index (χ1v) is 4.88. The maximum absolute atomic E-state index is 11.7. The summed E-state index contributed by atoms with van der Waals surface area (Å²) in [5, 5.41) is 9.96. The smallest absolute Gasteiger partial charge is 0.362 e. The zero-order chi connectivity index (χ0) is 11.9. The summed E-state index contributed by atoms with van der Waals surface area (Å²) in [7, 11) is 1.52. The number of likely N-dealkylation sites (N-methyl/N-ethyl adjacent to an activating group) is 1. The van der Waals surface area contributed by atoms with Crippen LogP contribution in [0.15, 0.2) is 0 Å². The summed E-state index contributed by atoms with van der Waals surface area (Å²) in [6.45, 7) is 5.43. The summed E-state index contributed by atoms with van der Waals surface area (Å²) >= 11 is 0. The molecule has 1 unspecified atom stereocenters. The number of Topliss-reactive ketones (excluding diaryl/α,β-unsaturated/α-hetero) is 1. The summed E-state index contributed by atoms with van der Waals surface area (Å²) in [6, 6.07) is 0. The molecule has 1 atom stereocenters. The second-order valence-corrected chi connectivity index (χ2v) is 4.77. The van der Waals surface area contributed by atoms with Gasteiger partial charge in [0.1, 0.15) is 5.60 Å². The molecule has 1 fully saturated rings. The van der Waals surface area contributed by atoms with Gasteiger partial charge in [-0.05, 0) is 27.8 Å². The number of likely N-dealkylation sites (tertiary alicyclic amines) is 1. The normalized spacial score (nSPS) is 28.2. The van der Waals surface area contributed by atoms with Crippen molar-refractivity contribution < 1.29 is 19.4 Å². The van der Waals surface area contributed by atoms with Crippen molar-refractivity contribution in [3.63, 3.8) is 0 Å². The van der Waals surface area contributed by atoms with Gasteiger partial charge in [-0.1, -0.05) is 0 Å². The van der Waals surface area contributed by atoms with E-state index in [2.05, 4.69) is 0 Å². The number of aliphatic hydroxyl groups is 1. The van der Waals surface area contributed by atoms with Crippen molar-refractivity contribution in [2.75, 3.05) is 13.6 Å². The van der Waals surface area contributed by atoms with Gasteiger partial charge in [0.15, 0.2) is 5.78 Å². The molecule has 1 N–H and O–H groups in total. The van der Waals surface area contributed by atoms with Crippen LogP contribution in [0.3, 0.4) is 0 Å². The average Bonchev–Trinajstić information content (AvgIpc) is 2.31. The van der Waals surface area contributed by atoms with Gasteiger partial charge in [0.25, 0.3) is 5.72 Å². The highest BCUT2D eigenvalue weighted by Gasteiger charge is 2.53. The highest BCUT2D eigenvalue weighted by atomic mass is 16.6. The molecule has 0 spiro atoms. The predicted octanol–water partition coefficient (Wildman–Crippen LogP) is -0.0787. The molecule has 0 saturated carbocycles. The Balaban J connectivity index is 2.86. The third kappa shape index (κ3) is 2.18. The highest BCUT2D eigenvalue weighted by molar-refractivity contribution is 6.07. The zero-order valence-electron chi connectivity index (χ0n) is 9.53. The quantitative estimate of drug-likeness (QED) is 0.489. The number of hydrogen-bond acceptors (Lipinski definition) is 5. The van der Waals surface area contributed by atoms with Crippen LogP contribution in [0.1, 0.15) is 27.2 Å². The minimum absolute atomic E-state index is 0.173. The first-order valence-electron chi connectivity index (χ1n) is 4.88. The van der Waals surface area contributed by atoms with Gasteiger partial charge in [0, 0.05) is 13.0 Å². The lowest BCUT2D eigenvalue weighted by Crippen LogP contribution is -2.55. The number of rotatable bonds is 1. The van der Waals surface area contributed by atoms with E-state index >= 15 is 0 Å². The molecule has 0 bridgehead atoms. The standard InChI is InChI=1S/C10H17NO4/c1-9(2,3)15-8(13)10(14)7(12)5-6-11(10)4/h14H,5-6H2,1-4H3. The average molecular weight is 215 g/mol. The first-order chi connectivity index (χ1) is 6.68. The molecule has 0 aromatic heterocycles. The van der Waals surface area contributed by atoms with Crippen molar-refractivity contribution in [2.24, 2.45) is 0 Å². The Morgan fingerprint density at radius 1 is 1.53 bits per heavy atom. The van der Waals surface area contributed by atoms with Gasteiger partial charge in [-0.15, -0.1) is 0 Å². The Morgan fingerprint density at radius 3 is 2.40 bits per heavy atom. The lowest BCUT2D eigenvalue weighted by molar-refractivity contribution is -0.192. The number of carbonyl (C=O) groups is 2. The Morgan fingerprint density at radius 2 is 2.07 bits per heavy atom. The van der Waals surface area contributed by atoms with E-state index in [9.17, 15) is 14.7 Å². The second-order valence-electron chi connectivity index (χ2n) is 4.77. The molecule has 0 aromatic rings. The molecule has 1 saturated heterocycles. The fourth-order valence-corrected chi connectivity index (χ4v) is 1.44. The van der Waals surface area contributed by atoms with Crippen LogP contribution in [-0.2, 0) is 14.3 Å². The molecular formula is C10H17NO4. The van der Waals surface area contributed by atoms with Crippen LogP contribution in [0.4, 0.5) is 0 Å². The molecule has 0 amide bonds. The minimum Gasteiger partial charge on any atom is -0.456 e. The van der Waals surface area contributed by atoms with Crippen LogP contribution in [-0.4, -0.2) is 46.7 Å². The van der Waals surface area contributed by atoms with Gasteiger partial charge in [0.2, 0.25) is 0 Å². The van der Waals surface area contributed by atoms with E-state index in [0.717, 1.165) is 0 Å². The summed E-state index contributed by atoms with van der Waals surface area (Å²) in [4.78, 5) is 24.4. The number of esters is 1. The molecule has 0 radical (unpaired) electrons. The molecule has 5 heteroatoms.